The second-order valence-corrected chi connectivity index (χ2v) is 7.34. The molecule has 9 heteroatoms. The Labute approximate surface area is 172 Å². The maximum Gasteiger partial charge on any atom is 0.326 e. The number of hydrogen-bond acceptors (Lipinski definition) is 4. The fourth-order valence-electron chi connectivity index (χ4n) is 3.40. The van der Waals surface area contributed by atoms with E-state index in [0.717, 1.165) is 28.7 Å². The van der Waals surface area contributed by atoms with Crippen LogP contribution in [0.15, 0.2) is 42.5 Å². The Morgan fingerprint density at radius 2 is 1.83 bits per heavy atom. The van der Waals surface area contributed by atoms with Crippen molar-refractivity contribution in [1.82, 2.24) is 20.4 Å². The smallest absolute Gasteiger partial charge is 0.326 e. The van der Waals surface area contributed by atoms with E-state index in [1.807, 2.05) is 0 Å². The number of rotatable bonds is 6. The second-order valence-electron chi connectivity index (χ2n) is 7.34. The van der Waals surface area contributed by atoms with Gasteiger partial charge in [-0.05, 0) is 49.9 Å². The zero-order valence-electron chi connectivity index (χ0n) is 16.8. The minimum Gasteiger partial charge on any atom is -0.355 e. The Kier molecular flexibility index (Phi) is 5.84. The molecule has 1 aliphatic rings. The van der Waals surface area contributed by atoms with Gasteiger partial charge in [-0.1, -0.05) is 12.1 Å². The molecule has 7 nitrogen and oxygen atoms in total. The van der Waals surface area contributed by atoms with Crippen molar-refractivity contribution < 1.29 is 23.2 Å². The molecule has 1 atom stereocenters. The first-order valence-electron chi connectivity index (χ1n) is 9.25. The lowest BCUT2D eigenvalue weighted by Crippen LogP contribution is -2.43. The summed E-state index contributed by atoms with van der Waals surface area (Å²) in [4.78, 5) is 39.6. The van der Waals surface area contributed by atoms with Gasteiger partial charge in [0.2, 0.25) is 0 Å². The number of benzene rings is 2. The molecule has 3 rings (SSSR count). The topological polar surface area (TPSA) is 81.8 Å². The Bertz CT molecular complexity index is 996. The highest BCUT2D eigenvalue weighted by Gasteiger charge is 2.50. The molecule has 0 bridgehead atoms. The molecule has 0 unspecified atom stereocenters. The van der Waals surface area contributed by atoms with E-state index in [2.05, 4.69) is 10.6 Å². The summed E-state index contributed by atoms with van der Waals surface area (Å²) in [5.41, 5.74) is -0.531. The second kappa shape index (κ2) is 8.19. The van der Waals surface area contributed by atoms with E-state index in [9.17, 15) is 23.2 Å². The monoisotopic (exact) mass is 416 g/mol. The number of nitrogens with zero attached hydrogens (tertiary/aromatic N) is 2. The van der Waals surface area contributed by atoms with E-state index in [-0.39, 0.29) is 18.1 Å². The van der Waals surface area contributed by atoms with Crippen LogP contribution in [0.4, 0.5) is 13.6 Å². The summed E-state index contributed by atoms with van der Waals surface area (Å²) in [6.07, 6.45) is 0. The van der Waals surface area contributed by atoms with Gasteiger partial charge in [0, 0.05) is 24.7 Å². The van der Waals surface area contributed by atoms with Crippen LogP contribution in [0.2, 0.25) is 0 Å². The molecule has 0 aromatic heterocycles. The number of urea groups is 1. The number of carbonyl (C=O) groups excluding carboxylic acids is 3. The first-order chi connectivity index (χ1) is 14.2. The molecule has 30 heavy (non-hydrogen) atoms. The van der Waals surface area contributed by atoms with Crippen molar-refractivity contribution in [2.75, 3.05) is 20.8 Å². The lowest BCUT2D eigenvalue weighted by Gasteiger charge is -2.25. The van der Waals surface area contributed by atoms with Gasteiger partial charge in [-0.3, -0.25) is 14.5 Å². The molecule has 1 heterocycles. The molecule has 2 aromatic rings. The van der Waals surface area contributed by atoms with Crippen molar-refractivity contribution in [3.05, 3.63) is 70.8 Å². The number of carbonyl (C=O) groups is 3. The molecule has 0 spiro atoms. The molecular weight excluding hydrogens is 394 g/mol. The molecule has 158 valence electrons. The lowest BCUT2D eigenvalue weighted by atomic mass is 9.91. The molecule has 2 aromatic carbocycles. The number of halogens is 2. The van der Waals surface area contributed by atoms with E-state index in [4.69, 9.17) is 0 Å². The van der Waals surface area contributed by atoms with Gasteiger partial charge in [0.1, 0.15) is 17.2 Å². The van der Waals surface area contributed by atoms with Gasteiger partial charge in [-0.25, -0.2) is 18.5 Å². The zero-order chi connectivity index (χ0) is 22.1. The highest BCUT2D eigenvalue weighted by Crippen LogP contribution is 2.31. The standard InChI is InChI=1S/C21H22F2N4O3/c1-21(16-10-15(22)8-9-17(16)23)19(29)27(20(30)25-21)12-26(3)11-13-4-6-14(7-5-13)18(28)24-2/h4-10H,11-12H2,1-3H3,(H,24,28)(H,25,30)/t21-/m1/s1. The maximum absolute atomic E-state index is 14.2. The van der Waals surface area contributed by atoms with E-state index in [1.165, 1.54) is 6.92 Å². The summed E-state index contributed by atoms with van der Waals surface area (Å²) in [7, 11) is 3.26. The van der Waals surface area contributed by atoms with Crippen LogP contribution in [0.1, 0.15) is 28.4 Å². The van der Waals surface area contributed by atoms with Crippen LogP contribution in [0.25, 0.3) is 0 Å². The van der Waals surface area contributed by atoms with Crippen LogP contribution < -0.4 is 10.6 Å². The average Bonchev–Trinajstić information content (AvgIpc) is 2.93. The molecule has 1 saturated heterocycles. The molecule has 1 aliphatic heterocycles. The summed E-state index contributed by atoms with van der Waals surface area (Å²) in [5.74, 6) is -2.35. The van der Waals surface area contributed by atoms with Crippen LogP contribution >= 0.6 is 0 Å². The maximum atomic E-state index is 14.2. The third-order valence-corrected chi connectivity index (χ3v) is 5.02. The lowest BCUT2D eigenvalue weighted by molar-refractivity contribution is -0.132. The Morgan fingerprint density at radius 1 is 1.17 bits per heavy atom. The summed E-state index contributed by atoms with van der Waals surface area (Å²) >= 11 is 0. The van der Waals surface area contributed by atoms with Crippen molar-refractivity contribution >= 4 is 17.8 Å². The molecule has 4 amide bonds. The van der Waals surface area contributed by atoms with E-state index < -0.39 is 29.1 Å². The first kappa shape index (κ1) is 21.4. The summed E-state index contributed by atoms with van der Waals surface area (Å²) in [6, 6.07) is 9.01. The average molecular weight is 416 g/mol. The van der Waals surface area contributed by atoms with Crippen LogP contribution in [0, 0.1) is 11.6 Å². The Balaban J connectivity index is 1.72. The third kappa shape index (κ3) is 4.02. The van der Waals surface area contributed by atoms with E-state index >= 15 is 0 Å². The van der Waals surface area contributed by atoms with Gasteiger partial charge in [0.25, 0.3) is 11.8 Å². The predicted molar refractivity (Wildman–Crippen MR) is 105 cm³/mol. The highest BCUT2D eigenvalue weighted by atomic mass is 19.1. The zero-order valence-corrected chi connectivity index (χ0v) is 16.8. The molecule has 0 aliphatic carbocycles. The highest BCUT2D eigenvalue weighted by molar-refractivity contribution is 6.07. The van der Waals surface area contributed by atoms with Gasteiger partial charge < -0.3 is 10.6 Å². The fraction of sp³-hybridized carbons (Fsp3) is 0.286. The van der Waals surface area contributed by atoms with Gasteiger partial charge in [0.15, 0.2) is 0 Å². The van der Waals surface area contributed by atoms with Crippen LogP contribution in [0.3, 0.4) is 0 Å². The van der Waals surface area contributed by atoms with Gasteiger partial charge in [-0.2, -0.15) is 0 Å². The van der Waals surface area contributed by atoms with Gasteiger partial charge in [0.05, 0.1) is 6.67 Å². The fourth-order valence-corrected chi connectivity index (χ4v) is 3.40. The largest absolute Gasteiger partial charge is 0.355 e. The third-order valence-electron chi connectivity index (χ3n) is 5.02. The summed E-state index contributed by atoms with van der Waals surface area (Å²) in [6.45, 7) is 1.70. The van der Waals surface area contributed by atoms with Gasteiger partial charge in [-0.15, -0.1) is 0 Å². The van der Waals surface area contributed by atoms with Gasteiger partial charge >= 0.3 is 6.03 Å². The number of hydrogen-bond donors (Lipinski definition) is 2. The van der Waals surface area contributed by atoms with Crippen molar-refractivity contribution in [2.45, 2.75) is 19.0 Å². The SMILES string of the molecule is CNC(=O)c1ccc(CN(C)CN2C(=O)N[C@](C)(c3cc(F)ccc3F)C2=O)cc1. The summed E-state index contributed by atoms with van der Waals surface area (Å²) < 4.78 is 27.8. The van der Waals surface area contributed by atoms with Crippen molar-refractivity contribution in [3.8, 4) is 0 Å². The molecule has 1 fully saturated rings. The molecule has 0 radical (unpaired) electrons. The summed E-state index contributed by atoms with van der Waals surface area (Å²) in [5, 5.41) is 5.01. The minimum atomic E-state index is -1.70. The molecule has 0 saturated carbocycles. The van der Waals surface area contributed by atoms with Crippen LogP contribution in [0.5, 0.6) is 0 Å². The quantitative estimate of drug-likeness (QED) is 0.708. The molecular formula is C21H22F2N4O3. The van der Waals surface area contributed by atoms with Crippen LogP contribution in [-0.2, 0) is 16.9 Å². The Morgan fingerprint density at radius 3 is 2.47 bits per heavy atom. The number of amides is 4. The number of imide groups is 1. The van der Waals surface area contributed by atoms with Crippen LogP contribution in [-0.4, -0.2) is 48.4 Å². The first-order valence-corrected chi connectivity index (χ1v) is 9.25. The minimum absolute atomic E-state index is 0.0472. The van der Waals surface area contributed by atoms with E-state index in [1.54, 1.807) is 43.3 Å². The van der Waals surface area contributed by atoms with E-state index in [0.29, 0.717) is 12.1 Å². The predicted octanol–water partition coefficient (Wildman–Crippen LogP) is 2.18. The number of nitrogens with one attached hydrogen (secondary N) is 2. The van der Waals surface area contributed by atoms with Crippen molar-refractivity contribution in [2.24, 2.45) is 0 Å². The van der Waals surface area contributed by atoms with Crippen molar-refractivity contribution in [3.63, 3.8) is 0 Å². The normalized spacial score (nSPS) is 18.7. The molecule has 2 N–H and O–H groups in total. The Hall–Kier alpha value is -3.33. The van der Waals surface area contributed by atoms with Crippen molar-refractivity contribution in [1.29, 1.82) is 0 Å².